The third-order valence-electron chi connectivity index (χ3n) is 3.62. The summed E-state index contributed by atoms with van der Waals surface area (Å²) in [5, 5.41) is 6.64. The van der Waals surface area contributed by atoms with Crippen LogP contribution in [-0.4, -0.2) is 17.9 Å². The SMILES string of the molecule is C=C1NC(C)C(CCCCCC(=O)C(C)(C)C)N1. The number of Topliss-reactive ketones (excluding diaryl/α,β-unsaturated/α-hetero) is 1. The molecule has 0 aromatic carbocycles. The average Bonchev–Trinajstić information content (AvgIpc) is 2.55. The van der Waals surface area contributed by atoms with Crippen molar-refractivity contribution in [2.45, 2.75) is 71.9 Å². The molecular formula is C15H28N2O. The Kier molecular flexibility index (Phi) is 5.24. The van der Waals surface area contributed by atoms with Gasteiger partial charge in [0.2, 0.25) is 0 Å². The molecular weight excluding hydrogens is 224 g/mol. The fraction of sp³-hybridized carbons (Fsp3) is 0.800. The molecule has 1 aliphatic rings. The van der Waals surface area contributed by atoms with Crippen molar-refractivity contribution in [1.29, 1.82) is 0 Å². The number of carbonyl (C=O) groups excluding carboxylic acids is 1. The van der Waals surface area contributed by atoms with E-state index in [1.54, 1.807) is 0 Å². The molecule has 0 aromatic heterocycles. The Morgan fingerprint density at radius 2 is 1.89 bits per heavy atom. The highest BCUT2D eigenvalue weighted by atomic mass is 16.1. The van der Waals surface area contributed by atoms with Gasteiger partial charge >= 0.3 is 0 Å². The molecule has 1 fully saturated rings. The molecule has 1 aliphatic heterocycles. The number of nitrogens with one attached hydrogen (secondary N) is 2. The summed E-state index contributed by atoms with van der Waals surface area (Å²) in [4.78, 5) is 11.7. The van der Waals surface area contributed by atoms with Gasteiger partial charge in [-0.2, -0.15) is 0 Å². The van der Waals surface area contributed by atoms with E-state index in [4.69, 9.17) is 0 Å². The molecule has 1 saturated heterocycles. The second-order valence-corrected chi connectivity index (χ2v) is 6.43. The molecule has 104 valence electrons. The molecule has 0 bridgehead atoms. The van der Waals surface area contributed by atoms with Crippen molar-refractivity contribution in [2.75, 3.05) is 0 Å². The van der Waals surface area contributed by atoms with Crippen molar-refractivity contribution in [3.05, 3.63) is 12.4 Å². The maximum Gasteiger partial charge on any atom is 0.138 e. The van der Waals surface area contributed by atoms with Crippen LogP contribution in [0.5, 0.6) is 0 Å². The predicted octanol–water partition coefficient (Wildman–Crippen LogP) is 2.97. The molecule has 0 aromatic rings. The lowest BCUT2D eigenvalue weighted by molar-refractivity contribution is -0.126. The number of ketones is 1. The van der Waals surface area contributed by atoms with Crippen LogP contribution in [0.1, 0.15) is 59.8 Å². The van der Waals surface area contributed by atoms with Crippen molar-refractivity contribution < 1.29 is 4.79 Å². The summed E-state index contributed by atoms with van der Waals surface area (Å²) in [6, 6.07) is 0.963. The van der Waals surface area contributed by atoms with E-state index < -0.39 is 0 Å². The molecule has 1 heterocycles. The lowest BCUT2D eigenvalue weighted by Crippen LogP contribution is -2.30. The zero-order chi connectivity index (χ0) is 13.8. The maximum atomic E-state index is 11.7. The Morgan fingerprint density at radius 3 is 2.39 bits per heavy atom. The largest absolute Gasteiger partial charge is 0.368 e. The second-order valence-electron chi connectivity index (χ2n) is 6.43. The Balaban J connectivity index is 2.09. The minimum atomic E-state index is -0.177. The molecule has 2 atom stereocenters. The minimum Gasteiger partial charge on any atom is -0.368 e. The first-order chi connectivity index (χ1) is 8.30. The van der Waals surface area contributed by atoms with E-state index in [1.807, 2.05) is 20.8 Å². The van der Waals surface area contributed by atoms with Crippen LogP contribution in [0.2, 0.25) is 0 Å². The van der Waals surface area contributed by atoms with Gasteiger partial charge in [-0.3, -0.25) is 4.79 Å². The van der Waals surface area contributed by atoms with Crippen LogP contribution in [0.3, 0.4) is 0 Å². The van der Waals surface area contributed by atoms with Gasteiger partial charge in [0.1, 0.15) is 5.78 Å². The van der Waals surface area contributed by atoms with E-state index >= 15 is 0 Å². The van der Waals surface area contributed by atoms with Crippen molar-refractivity contribution >= 4 is 5.78 Å². The van der Waals surface area contributed by atoms with Gasteiger partial charge in [0, 0.05) is 23.9 Å². The van der Waals surface area contributed by atoms with Crippen LogP contribution in [0, 0.1) is 5.41 Å². The summed E-state index contributed by atoms with van der Waals surface area (Å²) in [6.07, 6.45) is 5.21. The molecule has 2 N–H and O–H groups in total. The van der Waals surface area contributed by atoms with Gasteiger partial charge in [-0.25, -0.2) is 0 Å². The maximum absolute atomic E-state index is 11.7. The van der Waals surface area contributed by atoms with E-state index in [1.165, 1.54) is 6.42 Å². The van der Waals surface area contributed by atoms with E-state index in [0.717, 1.165) is 31.5 Å². The van der Waals surface area contributed by atoms with Crippen LogP contribution >= 0.6 is 0 Å². The predicted molar refractivity (Wildman–Crippen MR) is 76.2 cm³/mol. The number of unbranched alkanes of at least 4 members (excludes halogenated alkanes) is 2. The Labute approximate surface area is 111 Å². The number of hydrogen-bond acceptors (Lipinski definition) is 3. The zero-order valence-corrected chi connectivity index (χ0v) is 12.3. The number of carbonyl (C=O) groups is 1. The van der Waals surface area contributed by atoms with Crippen molar-refractivity contribution in [1.82, 2.24) is 10.6 Å². The molecule has 0 saturated carbocycles. The van der Waals surface area contributed by atoms with Crippen LogP contribution in [0.25, 0.3) is 0 Å². The Morgan fingerprint density at radius 1 is 1.22 bits per heavy atom. The smallest absolute Gasteiger partial charge is 0.138 e. The van der Waals surface area contributed by atoms with E-state index in [0.29, 0.717) is 17.9 Å². The molecule has 1 rings (SSSR count). The second kappa shape index (κ2) is 6.26. The summed E-state index contributed by atoms with van der Waals surface area (Å²) in [6.45, 7) is 12.1. The van der Waals surface area contributed by atoms with Crippen molar-refractivity contribution in [3.8, 4) is 0 Å². The van der Waals surface area contributed by atoms with Gasteiger partial charge in [-0.05, 0) is 19.8 Å². The topological polar surface area (TPSA) is 41.1 Å². The standard InChI is InChI=1S/C15H28N2O/c1-11-13(17-12(2)16-11)9-7-6-8-10-14(18)15(3,4)5/h11,13,16-17H,2,6-10H2,1,3-5H3. The quantitative estimate of drug-likeness (QED) is 0.714. The van der Waals surface area contributed by atoms with Gasteiger partial charge in [-0.1, -0.05) is 40.2 Å². The van der Waals surface area contributed by atoms with E-state index in [-0.39, 0.29) is 5.41 Å². The first-order valence-electron chi connectivity index (χ1n) is 7.06. The lowest BCUT2D eigenvalue weighted by atomic mass is 9.87. The molecule has 0 radical (unpaired) electrons. The van der Waals surface area contributed by atoms with Crippen LogP contribution < -0.4 is 10.6 Å². The third kappa shape index (κ3) is 4.71. The lowest BCUT2D eigenvalue weighted by Gasteiger charge is -2.17. The summed E-state index contributed by atoms with van der Waals surface area (Å²) in [5.74, 6) is 1.32. The van der Waals surface area contributed by atoms with Crippen LogP contribution in [0.15, 0.2) is 12.4 Å². The molecule has 0 aliphatic carbocycles. The highest BCUT2D eigenvalue weighted by Gasteiger charge is 2.24. The first kappa shape index (κ1) is 15.1. The molecule has 3 nitrogen and oxygen atoms in total. The number of rotatable bonds is 6. The fourth-order valence-electron chi connectivity index (χ4n) is 2.29. The summed E-state index contributed by atoms with van der Waals surface area (Å²) in [7, 11) is 0. The number of hydrogen-bond donors (Lipinski definition) is 2. The van der Waals surface area contributed by atoms with Gasteiger partial charge < -0.3 is 10.6 Å². The van der Waals surface area contributed by atoms with Gasteiger partial charge in [0.15, 0.2) is 0 Å². The van der Waals surface area contributed by atoms with Crippen LogP contribution in [-0.2, 0) is 4.79 Å². The normalized spacial score (nSPS) is 23.7. The molecule has 18 heavy (non-hydrogen) atoms. The van der Waals surface area contributed by atoms with E-state index in [2.05, 4.69) is 24.1 Å². The summed E-state index contributed by atoms with van der Waals surface area (Å²) < 4.78 is 0. The van der Waals surface area contributed by atoms with Crippen LogP contribution in [0.4, 0.5) is 0 Å². The van der Waals surface area contributed by atoms with Gasteiger partial charge in [0.25, 0.3) is 0 Å². The van der Waals surface area contributed by atoms with Gasteiger partial charge in [-0.15, -0.1) is 0 Å². The monoisotopic (exact) mass is 252 g/mol. The average molecular weight is 252 g/mol. The van der Waals surface area contributed by atoms with E-state index in [9.17, 15) is 4.79 Å². The molecule has 3 heteroatoms. The molecule has 0 spiro atoms. The third-order valence-corrected chi connectivity index (χ3v) is 3.62. The highest BCUT2D eigenvalue weighted by molar-refractivity contribution is 5.83. The zero-order valence-electron chi connectivity index (χ0n) is 12.3. The molecule has 0 amide bonds. The Hall–Kier alpha value is -0.990. The summed E-state index contributed by atoms with van der Waals surface area (Å²) >= 11 is 0. The first-order valence-corrected chi connectivity index (χ1v) is 7.06. The molecule has 2 unspecified atom stereocenters. The fourth-order valence-corrected chi connectivity index (χ4v) is 2.29. The summed E-state index contributed by atoms with van der Waals surface area (Å²) in [5.41, 5.74) is -0.177. The van der Waals surface area contributed by atoms with Crippen molar-refractivity contribution in [3.63, 3.8) is 0 Å². The van der Waals surface area contributed by atoms with Crippen molar-refractivity contribution in [2.24, 2.45) is 5.41 Å². The van der Waals surface area contributed by atoms with Gasteiger partial charge in [0.05, 0.1) is 5.82 Å². The Bertz CT molecular complexity index is 304. The highest BCUT2D eigenvalue weighted by Crippen LogP contribution is 2.19. The minimum absolute atomic E-state index is 0.177.